The van der Waals surface area contributed by atoms with Gasteiger partial charge in [-0.1, -0.05) is 24.3 Å². The number of benzene rings is 2. The van der Waals surface area contributed by atoms with E-state index >= 15 is 0 Å². The summed E-state index contributed by atoms with van der Waals surface area (Å²) in [6.45, 7) is 2.25. The molecule has 0 aromatic heterocycles. The highest BCUT2D eigenvalue weighted by Crippen LogP contribution is 2.11. The Kier molecular flexibility index (Phi) is 7.25. The van der Waals surface area contributed by atoms with Crippen molar-refractivity contribution in [2.75, 3.05) is 5.32 Å². The Labute approximate surface area is 141 Å². The molecule has 4 N–H and O–H groups in total. The predicted octanol–water partition coefficient (Wildman–Crippen LogP) is 2.46. The van der Waals surface area contributed by atoms with Crippen LogP contribution in [0.25, 0.3) is 0 Å². The van der Waals surface area contributed by atoms with Gasteiger partial charge in [-0.05, 0) is 35.4 Å². The molecular weight excluding hydrogens is 314 g/mol. The molecule has 0 fully saturated rings. The molecule has 23 heavy (non-hydrogen) atoms. The number of nitrogens with two attached hydrogens (primary N) is 1. The quantitative estimate of drug-likeness (QED) is 0.785. The average Bonchev–Trinajstić information content (AvgIpc) is 2.52. The third-order valence-electron chi connectivity index (χ3n) is 3.13. The molecule has 0 atom stereocenters. The first kappa shape index (κ1) is 18.7. The van der Waals surface area contributed by atoms with Gasteiger partial charge < -0.3 is 16.4 Å². The predicted molar refractivity (Wildman–Crippen MR) is 93.5 cm³/mol. The van der Waals surface area contributed by atoms with Crippen LogP contribution in [0.2, 0.25) is 0 Å². The van der Waals surface area contributed by atoms with Crippen LogP contribution in [0, 0.1) is 0 Å². The van der Waals surface area contributed by atoms with Crippen molar-refractivity contribution in [2.45, 2.75) is 20.0 Å². The Morgan fingerprint density at radius 1 is 1.04 bits per heavy atom. The molecule has 0 heterocycles. The van der Waals surface area contributed by atoms with E-state index in [-0.39, 0.29) is 24.2 Å². The van der Waals surface area contributed by atoms with E-state index in [4.69, 9.17) is 5.73 Å². The lowest BCUT2D eigenvalue weighted by Crippen LogP contribution is -2.23. The van der Waals surface area contributed by atoms with Crippen molar-refractivity contribution in [3.63, 3.8) is 0 Å². The first-order valence-corrected chi connectivity index (χ1v) is 7.02. The number of rotatable bonds is 5. The molecule has 122 valence electrons. The van der Waals surface area contributed by atoms with Gasteiger partial charge in [0.05, 0.1) is 0 Å². The second kappa shape index (κ2) is 8.92. The van der Waals surface area contributed by atoms with Crippen LogP contribution < -0.4 is 16.4 Å². The molecule has 0 spiro atoms. The smallest absolute Gasteiger partial charge is 0.251 e. The summed E-state index contributed by atoms with van der Waals surface area (Å²) in [5, 5.41) is 5.57. The van der Waals surface area contributed by atoms with Crippen molar-refractivity contribution in [3.8, 4) is 0 Å². The average molecular weight is 334 g/mol. The van der Waals surface area contributed by atoms with Crippen molar-refractivity contribution in [1.82, 2.24) is 5.32 Å². The molecule has 0 radical (unpaired) electrons. The maximum atomic E-state index is 12.1. The van der Waals surface area contributed by atoms with Gasteiger partial charge in [0, 0.05) is 31.3 Å². The standard InChI is InChI=1S/C17H19N3O2.ClH/c1-12(21)20-16-7-3-5-14(9-16)11-19-17(22)15-6-2-4-13(8-15)10-18;/h2-9H,10-11,18H2,1H3,(H,19,22)(H,20,21);1H. The minimum absolute atomic E-state index is 0. The lowest BCUT2D eigenvalue weighted by molar-refractivity contribution is -0.114. The summed E-state index contributed by atoms with van der Waals surface area (Å²) < 4.78 is 0. The fourth-order valence-electron chi connectivity index (χ4n) is 2.09. The third-order valence-corrected chi connectivity index (χ3v) is 3.13. The summed E-state index contributed by atoms with van der Waals surface area (Å²) >= 11 is 0. The molecule has 0 aliphatic heterocycles. The van der Waals surface area contributed by atoms with E-state index in [9.17, 15) is 9.59 Å². The Bertz CT molecular complexity index is 689. The topological polar surface area (TPSA) is 84.2 Å². The molecule has 0 saturated heterocycles. The van der Waals surface area contributed by atoms with Gasteiger partial charge in [-0.2, -0.15) is 0 Å². The molecule has 0 bridgehead atoms. The fraction of sp³-hybridized carbons (Fsp3) is 0.176. The Balaban J connectivity index is 0.00000264. The molecule has 2 rings (SSSR count). The minimum Gasteiger partial charge on any atom is -0.348 e. The molecule has 2 aromatic carbocycles. The highest BCUT2D eigenvalue weighted by atomic mass is 35.5. The zero-order chi connectivity index (χ0) is 15.9. The zero-order valence-electron chi connectivity index (χ0n) is 12.8. The van der Waals surface area contributed by atoms with Gasteiger partial charge in [0.2, 0.25) is 5.91 Å². The van der Waals surface area contributed by atoms with Crippen LogP contribution in [0.3, 0.4) is 0 Å². The Morgan fingerprint density at radius 2 is 1.74 bits per heavy atom. The molecule has 0 unspecified atom stereocenters. The zero-order valence-corrected chi connectivity index (χ0v) is 13.7. The van der Waals surface area contributed by atoms with E-state index in [0.29, 0.717) is 24.3 Å². The Hall–Kier alpha value is -2.37. The maximum Gasteiger partial charge on any atom is 0.251 e. The van der Waals surface area contributed by atoms with Crippen LogP contribution in [0.15, 0.2) is 48.5 Å². The third kappa shape index (κ3) is 5.73. The number of carbonyl (C=O) groups excluding carboxylic acids is 2. The molecule has 0 aliphatic carbocycles. The summed E-state index contributed by atoms with van der Waals surface area (Å²) in [4.78, 5) is 23.2. The molecule has 5 nitrogen and oxygen atoms in total. The second-order valence-corrected chi connectivity index (χ2v) is 4.97. The van der Waals surface area contributed by atoms with Crippen molar-refractivity contribution in [3.05, 3.63) is 65.2 Å². The molecule has 0 saturated carbocycles. The number of hydrogen-bond donors (Lipinski definition) is 3. The van der Waals surface area contributed by atoms with Gasteiger partial charge in [0.15, 0.2) is 0 Å². The van der Waals surface area contributed by atoms with Gasteiger partial charge >= 0.3 is 0 Å². The van der Waals surface area contributed by atoms with Crippen molar-refractivity contribution in [1.29, 1.82) is 0 Å². The van der Waals surface area contributed by atoms with Crippen molar-refractivity contribution >= 4 is 29.9 Å². The first-order valence-electron chi connectivity index (χ1n) is 7.02. The minimum atomic E-state index is -0.153. The van der Waals surface area contributed by atoms with Gasteiger partial charge in [-0.15, -0.1) is 12.4 Å². The van der Waals surface area contributed by atoms with Crippen LogP contribution in [-0.4, -0.2) is 11.8 Å². The molecule has 2 aromatic rings. The molecule has 0 aliphatic rings. The van der Waals surface area contributed by atoms with Crippen LogP contribution in [0.4, 0.5) is 5.69 Å². The lowest BCUT2D eigenvalue weighted by atomic mass is 10.1. The maximum absolute atomic E-state index is 12.1. The summed E-state index contributed by atoms with van der Waals surface area (Å²) in [6.07, 6.45) is 0. The number of halogens is 1. The summed E-state index contributed by atoms with van der Waals surface area (Å²) in [7, 11) is 0. The summed E-state index contributed by atoms with van der Waals surface area (Å²) in [5.41, 5.74) is 8.70. The molecule has 6 heteroatoms. The van der Waals surface area contributed by atoms with Crippen molar-refractivity contribution in [2.24, 2.45) is 5.73 Å². The number of carbonyl (C=O) groups is 2. The number of anilines is 1. The SMILES string of the molecule is CC(=O)Nc1cccc(CNC(=O)c2cccc(CN)c2)c1.Cl. The normalized spacial score (nSPS) is 9.65. The van der Waals surface area contributed by atoms with Gasteiger partial charge in [0.1, 0.15) is 0 Å². The van der Waals surface area contributed by atoms with Crippen LogP contribution in [-0.2, 0) is 17.9 Å². The summed E-state index contributed by atoms with van der Waals surface area (Å²) in [5.74, 6) is -0.278. The number of hydrogen-bond acceptors (Lipinski definition) is 3. The van der Waals surface area contributed by atoms with Gasteiger partial charge in [0.25, 0.3) is 5.91 Å². The van der Waals surface area contributed by atoms with Gasteiger partial charge in [-0.3, -0.25) is 9.59 Å². The van der Waals surface area contributed by atoms with Crippen molar-refractivity contribution < 1.29 is 9.59 Å². The van der Waals surface area contributed by atoms with Crippen LogP contribution in [0.1, 0.15) is 28.4 Å². The molecule has 2 amide bonds. The highest BCUT2D eigenvalue weighted by molar-refractivity contribution is 5.94. The van der Waals surface area contributed by atoms with E-state index in [0.717, 1.165) is 11.1 Å². The van der Waals surface area contributed by atoms with E-state index in [2.05, 4.69) is 10.6 Å². The highest BCUT2D eigenvalue weighted by Gasteiger charge is 2.06. The largest absolute Gasteiger partial charge is 0.348 e. The second-order valence-electron chi connectivity index (χ2n) is 4.97. The Morgan fingerprint density at radius 3 is 2.43 bits per heavy atom. The molecular formula is C17H20ClN3O2. The number of nitrogens with one attached hydrogen (secondary N) is 2. The van der Waals surface area contributed by atoms with Crippen LogP contribution >= 0.6 is 12.4 Å². The van der Waals surface area contributed by atoms with Gasteiger partial charge in [-0.25, -0.2) is 0 Å². The number of amides is 2. The van der Waals surface area contributed by atoms with E-state index in [1.807, 2.05) is 30.3 Å². The van der Waals surface area contributed by atoms with E-state index in [1.165, 1.54) is 6.92 Å². The van der Waals surface area contributed by atoms with E-state index in [1.54, 1.807) is 18.2 Å². The van der Waals surface area contributed by atoms with Crippen LogP contribution in [0.5, 0.6) is 0 Å². The first-order chi connectivity index (χ1) is 10.6. The summed E-state index contributed by atoms with van der Waals surface area (Å²) in [6, 6.07) is 14.6. The lowest BCUT2D eigenvalue weighted by Gasteiger charge is -2.08. The fourth-order valence-corrected chi connectivity index (χ4v) is 2.09. The van der Waals surface area contributed by atoms with E-state index < -0.39 is 0 Å². The monoisotopic (exact) mass is 333 g/mol.